The maximum Gasteiger partial charge on any atom is 0.417 e. The molecule has 1 atom stereocenters. The van der Waals surface area contributed by atoms with Crippen LogP contribution in [-0.4, -0.2) is 31.1 Å². The fourth-order valence-electron chi connectivity index (χ4n) is 3.68. The van der Waals surface area contributed by atoms with Crippen LogP contribution in [0.15, 0.2) is 48.9 Å². The predicted molar refractivity (Wildman–Crippen MR) is 101 cm³/mol. The van der Waals surface area contributed by atoms with Crippen molar-refractivity contribution in [2.24, 2.45) is 0 Å². The molecule has 0 aromatic carbocycles. The molecule has 4 aromatic rings. The number of H-pyrrole nitrogens is 1. The number of hydrogen-bond acceptors (Lipinski definition) is 4. The van der Waals surface area contributed by atoms with Crippen molar-refractivity contribution in [3.8, 4) is 0 Å². The van der Waals surface area contributed by atoms with E-state index in [-0.39, 0.29) is 0 Å². The molecule has 148 valence electrons. The smallest absolute Gasteiger partial charge is 0.348 e. The number of hydrogen-bond donors (Lipinski definition) is 1. The van der Waals surface area contributed by atoms with Crippen molar-refractivity contribution in [3.63, 3.8) is 0 Å². The average molecular weight is 419 g/mol. The average Bonchev–Trinajstić information content (AvgIpc) is 3.34. The first kappa shape index (κ1) is 18.0. The Morgan fingerprint density at radius 3 is 2.72 bits per heavy atom. The maximum atomic E-state index is 12.9. The van der Waals surface area contributed by atoms with Crippen molar-refractivity contribution in [1.82, 2.24) is 24.6 Å². The number of nitrogens with one attached hydrogen (secondary N) is 1. The van der Waals surface area contributed by atoms with Crippen LogP contribution in [0.1, 0.15) is 28.7 Å². The molecule has 1 unspecified atom stereocenters. The van der Waals surface area contributed by atoms with Crippen LogP contribution in [0.2, 0.25) is 5.15 Å². The molecule has 1 aliphatic rings. The lowest BCUT2D eigenvalue weighted by atomic mass is 9.99. The van der Waals surface area contributed by atoms with Crippen LogP contribution in [0, 0.1) is 0 Å². The number of halogens is 4. The number of pyridine rings is 2. The van der Waals surface area contributed by atoms with Crippen molar-refractivity contribution in [3.05, 3.63) is 76.7 Å². The number of fused-ring (bicyclic) bond motifs is 2. The molecular weight excluding hydrogens is 405 g/mol. The molecule has 0 spiro atoms. The summed E-state index contributed by atoms with van der Waals surface area (Å²) in [4.78, 5) is 13.6. The van der Waals surface area contributed by atoms with Crippen LogP contribution in [0.25, 0.3) is 5.52 Å². The molecule has 29 heavy (non-hydrogen) atoms. The number of rotatable bonds is 2. The molecule has 0 fully saturated rings. The lowest BCUT2D eigenvalue weighted by Crippen LogP contribution is -2.37. The molecule has 10 heteroatoms. The van der Waals surface area contributed by atoms with Crippen LogP contribution in [0.4, 0.5) is 19.0 Å². The lowest BCUT2D eigenvalue weighted by Gasteiger charge is -2.35. The first-order valence-electron chi connectivity index (χ1n) is 8.88. The highest BCUT2D eigenvalue weighted by Crippen LogP contribution is 2.37. The van der Waals surface area contributed by atoms with Gasteiger partial charge in [-0.25, -0.2) is 14.5 Å². The van der Waals surface area contributed by atoms with Crippen molar-refractivity contribution in [2.75, 3.05) is 11.4 Å². The third-order valence-corrected chi connectivity index (χ3v) is 5.32. The fourth-order valence-corrected chi connectivity index (χ4v) is 3.89. The second kappa shape index (κ2) is 6.48. The van der Waals surface area contributed by atoms with Gasteiger partial charge in [0.25, 0.3) is 0 Å². The second-order valence-corrected chi connectivity index (χ2v) is 7.16. The van der Waals surface area contributed by atoms with Gasteiger partial charge >= 0.3 is 6.18 Å². The maximum absolute atomic E-state index is 12.9. The second-order valence-electron chi connectivity index (χ2n) is 6.77. The van der Waals surface area contributed by atoms with Gasteiger partial charge in [-0.15, -0.1) is 0 Å². The molecule has 5 rings (SSSR count). The largest absolute Gasteiger partial charge is 0.417 e. The van der Waals surface area contributed by atoms with E-state index in [4.69, 9.17) is 11.6 Å². The quantitative estimate of drug-likeness (QED) is 0.494. The highest BCUT2D eigenvalue weighted by molar-refractivity contribution is 6.29. The Balaban J connectivity index is 1.61. The molecule has 5 heterocycles. The molecule has 1 N–H and O–H groups in total. The van der Waals surface area contributed by atoms with E-state index in [0.717, 1.165) is 29.2 Å². The van der Waals surface area contributed by atoms with Gasteiger partial charge in [0, 0.05) is 24.9 Å². The zero-order chi connectivity index (χ0) is 20.2. The standard InChI is InChI=1S/C19H14ClF3N6/c20-15-3-1-2-12-8-14(27-29(12)15)18-17-13(25-10-26-17)6-7-28(18)16-5-4-11(9-24-16)19(21,22)23/h1-5,8-10,18H,6-7H2,(H,25,26). The van der Waals surface area contributed by atoms with E-state index in [9.17, 15) is 13.2 Å². The van der Waals surface area contributed by atoms with E-state index < -0.39 is 17.8 Å². The Bertz CT molecular complexity index is 1180. The molecule has 4 aromatic heterocycles. The number of aromatic amines is 1. The van der Waals surface area contributed by atoms with Crippen molar-refractivity contribution >= 4 is 22.9 Å². The predicted octanol–water partition coefficient (Wildman–Crippen LogP) is 4.28. The van der Waals surface area contributed by atoms with Gasteiger partial charge in [-0.2, -0.15) is 18.3 Å². The summed E-state index contributed by atoms with van der Waals surface area (Å²) in [6, 6.07) is 9.39. The van der Waals surface area contributed by atoms with Crippen LogP contribution >= 0.6 is 11.6 Å². The molecular formula is C19H14ClF3N6. The zero-order valence-corrected chi connectivity index (χ0v) is 15.6. The molecule has 0 amide bonds. The zero-order valence-electron chi connectivity index (χ0n) is 14.9. The summed E-state index contributed by atoms with van der Waals surface area (Å²) in [5.74, 6) is 0.430. The van der Waals surface area contributed by atoms with E-state index in [1.807, 2.05) is 23.1 Å². The third-order valence-electron chi connectivity index (χ3n) is 5.03. The van der Waals surface area contributed by atoms with E-state index in [2.05, 4.69) is 20.1 Å². The van der Waals surface area contributed by atoms with E-state index in [1.54, 1.807) is 16.9 Å². The normalized spacial score (nSPS) is 17.0. The number of anilines is 1. The Kier molecular flexibility index (Phi) is 4.02. The van der Waals surface area contributed by atoms with Crippen LogP contribution in [0.5, 0.6) is 0 Å². The highest BCUT2D eigenvalue weighted by Gasteiger charge is 2.35. The van der Waals surface area contributed by atoms with Crippen molar-refractivity contribution < 1.29 is 13.2 Å². The van der Waals surface area contributed by atoms with E-state index in [1.165, 1.54) is 6.07 Å². The minimum absolute atomic E-state index is 0.398. The molecule has 0 aliphatic carbocycles. The Morgan fingerprint density at radius 2 is 2.00 bits per heavy atom. The number of imidazole rings is 1. The van der Waals surface area contributed by atoms with Gasteiger partial charge in [-0.05, 0) is 30.3 Å². The van der Waals surface area contributed by atoms with Gasteiger partial charge in [0.1, 0.15) is 17.0 Å². The van der Waals surface area contributed by atoms with Gasteiger partial charge in [0.2, 0.25) is 0 Å². The van der Waals surface area contributed by atoms with Crippen LogP contribution < -0.4 is 4.90 Å². The molecule has 1 aliphatic heterocycles. The lowest BCUT2D eigenvalue weighted by molar-refractivity contribution is -0.137. The summed E-state index contributed by atoms with van der Waals surface area (Å²) in [6.07, 6.45) is -1.29. The Labute approximate surface area is 168 Å². The number of aromatic nitrogens is 5. The first-order chi connectivity index (χ1) is 13.9. The minimum atomic E-state index is -4.43. The van der Waals surface area contributed by atoms with E-state index >= 15 is 0 Å². The summed E-state index contributed by atoms with van der Waals surface area (Å²) >= 11 is 6.25. The number of alkyl halides is 3. The SMILES string of the molecule is FC(F)(F)c1ccc(N2CCc3[nH]cnc3C2c2cc3cccc(Cl)n3n2)nc1. The van der Waals surface area contributed by atoms with Gasteiger partial charge in [0.15, 0.2) is 0 Å². The Hall–Kier alpha value is -3.07. The fraction of sp³-hybridized carbons (Fsp3) is 0.211. The minimum Gasteiger partial charge on any atom is -0.348 e. The van der Waals surface area contributed by atoms with Crippen LogP contribution in [0.3, 0.4) is 0 Å². The van der Waals surface area contributed by atoms with Gasteiger partial charge in [-0.1, -0.05) is 17.7 Å². The summed E-state index contributed by atoms with van der Waals surface area (Å²) in [5.41, 5.74) is 2.47. The topological polar surface area (TPSA) is 62.1 Å². The van der Waals surface area contributed by atoms with E-state index in [0.29, 0.717) is 29.6 Å². The van der Waals surface area contributed by atoms with Crippen LogP contribution in [-0.2, 0) is 12.6 Å². The summed E-state index contributed by atoms with van der Waals surface area (Å²) in [6.45, 7) is 0.555. The third kappa shape index (κ3) is 3.02. The van der Waals surface area contributed by atoms with Gasteiger partial charge in [-0.3, -0.25) is 0 Å². The molecule has 0 saturated carbocycles. The molecule has 0 radical (unpaired) electrons. The monoisotopic (exact) mass is 418 g/mol. The van der Waals surface area contributed by atoms with Gasteiger partial charge in [0.05, 0.1) is 28.8 Å². The summed E-state index contributed by atoms with van der Waals surface area (Å²) in [7, 11) is 0. The summed E-state index contributed by atoms with van der Waals surface area (Å²) in [5, 5.41) is 5.09. The highest BCUT2D eigenvalue weighted by atomic mass is 35.5. The molecule has 0 bridgehead atoms. The van der Waals surface area contributed by atoms with Gasteiger partial charge < -0.3 is 9.88 Å². The van der Waals surface area contributed by atoms with Crippen molar-refractivity contribution in [1.29, 1.82) is 0 Å². The number of nitrogens with zero attached hydrogens (tertiary/aromatic N) is 5. The molecule has 0 saturated heterocycles. The summed E-state index contributed by atoms with van der Waals surface area (Å²) < 4.78 is 40.4. The first-order valence-corrected chi connectivity index (χ1v) is 9.26. The Morgan fingerprint density at radius 1 is 1.14 bits per heavy atom. The molecule has 6 nitrogen and oxygen atoms in total. The van der Waals surface area contributed by atoms with Crippen molar-refractivity contribution in [2.45, 2.75) is 18.6 Å².